The van der Waals surface area contributed by atoms with Gasteiger partial charge < -0.3 is 19.9 Å². The smallest absolute Gasteiger partial charge is 0.191 e. The van der Waals surface area contributed by atoms with Crippen LogP contribution in [0.4, 0.5) is 0 Å². The van der Waals surface area contributed by atoms with Gasteiger partial charge in [-0.3, -0.25) is 0 Å². The van der Waals surface area contributed by atoms with E-state index in [0.29, 0.717) is 12.0 Å². The minimum absolute atomic E-state index is 0. The number of unbranched alkanes of at least 4 members (excludes halogenated alkanes) is 1. The molecule has 25 heavy (non-hydrogen) atoms. The minimum Gasteiger partial charge on any atom is -0.385 e. The first-order valence-electron chi connectivity index (χ1n) is 8.96. The largest absolute Gasteiger partial charge is 0.385 e. The lowest BCUT2D eigenvalue weighted by atomic mass is 10.0. The van der Waals surface area contributed by atoms with Gasteiger partial charge in [-0.2, -0.15) is 0 Å². The van der Waals surface area contributed by atoms with Gasteiger partial charge in [0.1, 0.15) is 12.4 Å². The van der Waals surface area contributed by atoms with Crippen LogP contribution in [-0.2, 0) is 18.3 Å². The van der Waals surface area contributed by atoms with E-state index in [0.717, 1.165) is 50.1 Å². The van der Waals surface area contributed by atoms with Crippen molar-refractivity contribution < 1.29 is 4.74 Å². The molecule has 0 saturated heterocycles. The van der Waals surface area contributed by atoms with Crippen LogP contribution < -0.4 is 10.6 Å². The van der Waals surface area contributed by atoms with Crippen LogP contribution in [0.1, 0.15) is 50.7 Å². The first-order valence-corrected chi connectivity index (χ1v) is 8.96. The predicted molar refractivity (Wildman–Crippen MR) is 111 cm³/mol. The Morgan fingerprint density at radius 3 is 2.64 bits per heavy atom. The Hall–Kier alpha value is -0.900. The van der Waals surface area contributed by atoms with Crippen LogP contribution in [0.15, 0.2) is 4.99 Å². The molecular formula is C17H33IN6O. The summed E-state index contributed by atoms with van der Waals surface area (Å²) in [7, 11) is 3.74. The van der Waals surface area contributed by atoms with E-state index >= 15 is 0 Å². The molecule has 0 atom stereocenters. The fraction of sp³-hybridized carbons (Fsp3) is 0.824. The molecule has 1 aromatic heterocycles. The van der Waals surface area contributed by atoms with Crippen LogP contribution >= 0.6 is 24.0 Å². The molecule has 1 aliphatic rings. The lowest BCUT2D eigenvalue weighted by molar-refractivity contribution is 0.172. The maximum Gasteiger partial charge on any atom is 0.191 e. The highest BCUT2D eigenvalue weighted by Crippen LogP contribution is 2.48. The number of hydrogen-bond donors (Lipinski definition) is 2. The molecule has 0 radical (unpaired) electrons. The normalized spacial score (nSPS) is 15.6. The van der Waals surface area contributed by atoms with Gasteiger partial charge in [0.2, 0.25) is 0 Å². The second-order valence-corrected chi connectivity index (χ2v) is 6.76. The molecule has 1 saturated carbocycles. The van der Waals surface area contributed by atoms with Gasteiger partial charge in [0.15, 0.2) is 11.8 Å². The van der Waals surface area contributed by atoms with Gasteiger partial charge in [-0.25, -0.2) is 4.99 Å². The summed E-state index contributed by atoms with van der Waals surface area (Å²) in [4.78, 5) is 4.69. The van der Waals surface area contributed by atoms with E-state index in [1.807, 2.05) is 18.5 Å². The van der Waals surface area contributed by atoms with Crippen molar-refractivity contribution in [2.45, 2.75) is 52.5 Å². The summed E-state index contributed by atoms with van der Waals surface area (Å²) in [5.41, 5.74) is 0.393. The number of ether oxygens (including phenoxy) is 1. The summed E-state index contributed by atoms with van der Waals surface area (Å²) in [5, 5.41) is 15.2. The molecule has 1 aromatic rings. The highest BCUT2D eigenvalue weighted by atomic mass is 127. The molecule has 0 amide bonds. The molecule has 1 heterocycles. The fourth-order valence-corrected chi connectivity index (χ4v) is 2.58. The van der Waals surface area contributed by atoms with Gasteiger partial charge >= 0.3 is 0 Å². The Morgan fingerprint density at radius 2 is 2.08 bits per heavy atom. The lowest BCUT2D eigenvalue weighted by Crippen LogP contribution is -2.41. The zero-order valence-corrected chi connectivity index (χ0v) is 18.3. The van der Waals surface area contributed by atoms with Crippen LogP contribution in [0.25, 0.3) is 0 Å². The van der Waals surface area contributed by atoms with E-state index in [4.69, 9.17) is 9.73 Å². The number of aliphatic imine (C=N–C) groups is 1. The first kappa shape index (κ1) is 22.1. The number of guanidine groups is 1. The summed E-state index contributed by atoms with van der Waals surface area (Å²) in [6, 6.07) is 0. The Kier molecular flexibility index (Phi) is 9.70. The Balaban J connectivity index is 0.00000312. The van der Waals surface area contributed by atoms with Gasteiger partial charge in [0, 0.05) is 33.9 Å². The predicted octanol–water partition coefficient (Wildman–Crippen LogP) is 2.39. The topological polar surface area (TPSA) is 76.4 Å². The molecule has 7 nitrogen and oxygen atoms in total. The Morgan fingerprint density at radius 1 is 1.32 bits per heavy atom. The average molecular weight is 464 g/mol. The SMILES string of the molecule is CCCCNC(=NCc1nnc(C)n1C)NCC1(CCOC)CC1.I. The summed E-state index contributed by atoms with van der Waals surface area (Å²) >= 11 is 0. The summed E-state index contributed by atoms with van der Waals surface area (Å²) in [6.45, 7) is 7.39. The maximum absolute atomic E-state index is 5.23. The highest BCUT2D eigenvalue weighted by Gasteiger charge is 2.41. The van der Waals surface area contributed by atoms with Crippen molar-refractivity contribution in [3.63, 3.8) is 0 Å². The second-order valence-electron chi connectivity index (χ2n) is 6.76. The van der Waals surface area contributed by atoms with Crippen LogP contribution in [-0.4, -0.2) is 47.5 Å². The molecule has 2 rings (SSSR count). The molecule has 0 aromatic carbocycles. The number of halogens is 1. The van der Waals surface area contributed by atoms with Crippen molar-refractivity contribution in [1.82, 2.24) is 25.4 Å². The number of aromatic nitrogens is 3. The molecule has 1 fully saturated rings. The zero-order valence-electron chi connectivity index (χ0n) is 16.0. The van der Waals surface area contributed by atoms with E-state index < -0.39 is 0 Å². The van der Waals surface area contributed by atoms with E-state index in [-0.39, 0.29) is 24.0 Å². The van der Waals surface area contributed by atoms with Crippen LogP contribution in [0.2, 0.25) is 0 Å². The summed E-state index contributed by atoms with van der Waals surface area (Å²) in [6.07, 6.45) is 5.96. The van der Waals surface area contributed by atoms with Gasteiger partial charge in [-0.1, -0.05) is 13.3 Å². The molecule has 144 valence electrons. The van der Waals surface area contributed by atoms with Gasteiger partial charge in [-0.05, 0) is 38.0 Å². The Bertz CT molecular complexity index is 541. The van der Waals surface area contributed by atoms with Crippen LogP contribution in [0, 0.1) is 12.3 Å². The van der Waals surface area contributed by atoms with E-state index in [2.05, 4.69) is 27.8 Å². The number of aryl methyl sites for hydroxylation is 1. The van der Waals surface area contributed by atoms with Crippen molar-refractivity contribution in [3.05, 3.63) is 11.6 Å². The molecular weight excluding hydrogens is 431 g/mol. The van der Waals surface area contributed by atoms with E-state index in [1.54, 1.807) is 7.11 Å². The molecule has 2 N–H and O–H groups in total. The number of hydrogen-bond acceptors (Lipinski definition) is 4. The molecule has 0 aliphatic heterocycles. The lowest BCUT2D eigenvalue weighted by Gasteiger charge is -2.18. The second kappa shape index (κ2) is 10.9. The summed E-state index contributed by atoms with van der Waals surface area (Å²) in [5.74, 6) is 2.66. The van der Waals surface area contributed by atoms with Gasteiger partial charge in [-0.15, -0.1) is 34.2 Å². The molecule has 0 bridgehead atoms. The van der Waals surface area contributed by atoms with Crippen molar-refractivity contribution in [1.29, 1.82) is 0 Å². The van der Waals surface area contributed by atoms with Crippen LogP contribution in [0.3, 0.4) is 0 Å². The number of nitrogens with one attached hydrogen (secondary N) is 2. The summed E-state index contributed by atoms with van der Waals surface area (Å²) < 4.78 is 7.21. The molecule has 0 spiro atoms. The van der Waals surface area contributed by atoms with Gasteiger partial charge in [0.05, 0.1) is 0 Å². The number of nitrogens with zero attached hydrogens (tertiary/aromatic N) is 4. The van der Waals surface area contributed by atoms with E-state index in [1.165, 1.54) is 19.3 Å². The van der Waals surface area contributed by atoms with Crippen molar-refractivity contribution >= 4 is 29.9 Å². The van der Waals surface area contributed by atoms with Crippen LogP contribution in [0.5, 0.6) is 0 Å². The quantitative estimate of drug-likeness (QED) is 0.241. The molecule has 1 aliphatic carbocycles. The van der Waals surface area contributed by atoms with E-state index in [9.17, 15) is 0 Å². The van der Waals surface area contributed by atoms with Crippen molar-refractivity contribution in [3.8, 4) is 0 Å². The molecule has 8 heteroatoms. The number of rotatable bonds is 10. The average Bonchev–Trinajstić information content (AvgIpc) is 3.29. The Labute approximate surface area is 168 Å². The first-order chi connectivity index (χ1) is 11.6. The highest BCUT2D eigenvalue weighted by molar-refractivity contribution is 14.0. The third-order valence-corrected chi connectivity index (χ3v) is 4.81. The van der Waals surface area contributed by atoms with Gasteiger partial charge in [0.25, 0.3) is 0 Å². The maximum atomic E-state index is 5.23. The minimum atomic E-state index is 0. The fourth-order valence-electron chi connectivity index (χ4n) is 2.58. The third-order valence-electron chi connectivity index (χ3n) is 4.81. The molecule has 0 unspecified atom stereocenters. The van der Waals surface area contributed by atoms with Crippen molar-refractivity contribution in [2.24, 2.45) is 17.5 Å². The van der Waals surface area contributed by atoms with Crippen molar-refractivity contribution in [2.75, 3.05) is 26.8 Å². The monoisotopic (exact) mass is 464 g/mol. The standard InChI is InChI=1S/C17H32N6O.HI/c1-5-6-10-18-16(19-12-15-22-21-14(2)23(15)3)20-13-17(7-8-17)9-11-24-4;/h5-13H2,1-4H3,(H2,18,19,20);1H. The zero-order chi connectivity index (χ0) is 17.4. The number of methoxy groups -OCH3 is 1. The third kappa shape index (κ3) is 7.08.